The molecule has 2 heteroatoms. The molecule has 0 saturated carbocycles. The third-order valence-corrected chi connectivity index (χ3v) is 9.48. The number of anilines is 3. The first-order chi connectivity index (χ1) is 24.8. The number of nitrogens with zero attached hydrogens (tertiary/aromatic N) is 1. The van der Waals surface area contributed by atoms with E-state index in [1.54, 1.807) is 0 Å². The summed E-state index contributed by atoms with van der Waals surface area (Å²) in [6.07, 6.45) is 0. The van der Waals surface area contributed by atoms with Crippen molar-refractivity contribution in [2.75, 3.05) is 4.90 Å². The molecule has 236 valence electrons. The largest absolute Gasteiger partial charge is 0.456 e. The summed E-state index contributed by atoms with van der Waals surface area (Å²) in [4.78, 5) is 2.39. The fourth-order valence-electron chi connectivity index (χ4n) is 7.17. The van der Waals surface area contributed by atoms with Gasteiger partial charge in [0.1, 0.15) is 11.2 Å². The minimum Gasteiger partial charge on any atom is -0.456 e. The Bertz CT molecular complexity index is 2590. The summed E-state index contributed by atoms with van der Waals surface area (Å²) in [5.41, 5.74) is 14.3. The van der Waals surface area contributed by atoms with Gasteiger partial charge in [0.15, 0.2) is 0 Å². The molecule has 0 aliphatic rings. The van der Waals surface area contributed by atoms with Crippen molar-refractivity contribution in [3.05, 3.63) is 200 Å². The van der Waals surface area contributed by atoms with Gasteiger partial charge in [0.2, 0.25) is 0 Å². The minimum absolute atomic E-state index is 0.860. The number of benzene rings is 8. The van der Waals surface area contributed by atoms with Crippen LogP contribution in [0.4, 0.5) is 17.1 Å². The third-order valence-electron chi connectivity index (χ3n) is 9.48. The first-order valence-corrected chi connectivity index (χ1v) is 17.0. The molecule has 0 radical (unpaired) electrons. The van der Waals surface area contributed by atoms with Crippen LogP contribution in [0.5, 0.6) is 0 Å². The fraction of sp³-hybridized carbons (Fsp3) is 0. The van der Waals surface area contributed by atoms with Gasteiger partial charge in [0.05, 0.1) is 5.69 Å². The van der Waals surface area contributed by atoms with Crippen molar-refractivity contribution in [2.24, 2.45) is 0 Å². The Hall–Kier alpha value is -6.64. The molecule has 0 N–H and O–H groups in total. The molecule has 8 aromatic carbocycles. The molecule has 0 spiro atoms. The summed E-state index contributed by atoms with van der Waals surface area (Å²) in [5.74, 6) is 0. The molecule has 50 heavy (non-hydrogen) atoms. The Morgan fingerprint density at radius 2 is 0.860 bits per heavy atom. The number of fused-ring (bicyclic) bond motifs is 3. The highest BCUT2D eigenvalue weighted by Crippen LogP contribution is 2.49. The van der Waals surface area contributed by atoms with E-state index in [1.165, 1.54) is 27.8 Å². The second-order valence-electron chi connectivity index (χ2n) is 12.5. The summed E-state index contributed by atoms with van der Waals surface area (Å²) in [6.45, 7) is 0. The summed E-state index contributed by atoms with van der Waals surface area (Å²) in [6, 6.07) is 71.2. The van der Waals surface area contributed by atoms with Crippen molar-refractivity contribution in [2.45, 2.75) is 0 Å². The lowest BCUT2D eigenvalue weighted by molar-refractivity contribution is 0.669. The molecule has 1 aromatic heterocycles. The zero-order valence-corrected chi connectivity index (χ0v) is 27.4. The van der Waals surface area contributed by atoms with Crippen molar-refractivity contribution in [1.82, 2.24) is 0 Å². The quantitative estimate of drug-likeness (QED) is 0.173. The van der Waals surface area contributed by atoms with E-state index in [1.807, 2.05) is 12.1 Å². The maximum absolute atomic E-state index is 6.47. The lowest BCUT2D eigenvalue weighted by Crippen LogP contribution is -2.12. The number of hydrogen-bond donors (Lipinski definition) is 0. The second-order valence-corrected chi connectivity index (χ2v) is 12.5. The average Bonchev–Trinajstić information content (AvgIpc) is 3.57. The molecule has 0 aliphatic heterocycles. The first kappa shape index (κ1) is 29.5. The molecule has 0 saturated heterocycles. The molecule has 0 fully saturated rings. The fourth-order valence-corrected chi connectivity index (χ4v) is 7.17. The molecule has 1 heterocycles. The van der Waals surface area contributed by atoms with Gasteiger partial charge in [-0.1, -0.05) is 158 Å². The molecule has 0 bridgehead atoms. The maximum Gasteiger partial charge on any atom is 0.137 e. The highest BCUT2D eigenvalue weighted by molar-refractivity contribution is 6.07. The van der Waals surface area contributed by atoms with E-state index >= 15 is 0 Å². The molecule has 0 atom stereocenters. The van der Waals surface area contributed by atoms with Gasteiger partial charge in [0.25, 0.3) is 0 Å². The van der Waals surface area contributed by atoms with Gasteiger partial charge in [-0.3, -0.25) is 0 Å². The Morgan fingerprint density at radius 3 is 1.62 bits per heavy atom. The molecule has 9 aromatic rings. The molecular weight excluding hydrogens is 607 g/mol. The lowest BCUT2D eigenvalue weighted by Gasteiger charge is -2.30. The van der Waals surface area contributed by atoms with Crippen LogP contribution < -0.4 is 4.90 Å². The number of hydrogen-bond acceptors (Lipinski definition) is 2. The van der Waals surface area contributed by atoms with Crippen LogP contribution in [-0.4, -0.2) is 0 Å². The van der Waals surface area contributed by atoms with E-state index in [-0.39, 0.29) is 0 Å². The lowest BCUT2D eigenvalue weighted by atomic mass is 9.87. The van der Waals surface area contributed by atoms with E-state index in [4.69, 9.17) is 4.42 Å². The van der Waals surface area contributed by atoms with Gasteiger partial charge in [-0.2, -0.15) is 0 Å². The van der Waals surface area contributed by atoms with Gasteiger partial charge < -0.3 is 9.32 Å². The Labute approximate surface area is 292 Å². The molecule has 0 amide bonds. The van der Waals surface area contributed by atoms with Crippen molar-refractivity contribution < 1.29 is 4.42 Å². The Balaban J connectivity index is 1.35. The molecular formula is C48H33NO. The van der Waals surface area contributed by atoms with Gasteiger partial charge in [-0.05, 0) is 75.3 Å². The second kappa shape index (κ2) is 12.8. The predicted octanol–water partition coefficient (Wildman–Crippen LogP) is 13.7. The van der Waals surface area contributed by atoms with E-state index < -0.39 is 0 Å². The normalized spacial score (nSPS) is 11.2. The topological polar surface area (TPSA) is 16.4 Å². The van der Waals surface area contributed by atoms with Crippen LogP contribution in [0.3, 0.4) is 0 Å². The standard InChI is InChI=1S/C48H33NO/c1-4-16-34(17-5-1)37-22-14-23-38(32-37)49(39-30-31-43-42-25-12-13-29-46(42)50-47(43)33-39)45-28-15-27-41(36-20-8-3-9-21-36)48(45)44-26-11-10-24-40(44)35-18-6-2-7-19-35/h1-33H. The maximum atomic E-state index is 6.47. The molecule has 0 unspecified atom stereocenters. The van der Waals surface area contributed by atoms with E-state index in [0.29, 0.717) is 0 Å². The molecule has 2 nitrogen and oxygen atoms in total. The van der Waals surface area contributed by atoms with Crippen LogP contribution in [0.2, 0.25) is 0 Å². The summed E-state index contributed by atoms with van der Waals surface area (Å²) >= 11 is 0. The summed E-state index contributed by atoms with van der Waals surface area (Å²) in [5, 5.41) is 2.23. The van der Waals surface area contributed by atoms with Gasteiger partial charge in [-0.15, -0.1) is 0 Å². The average molecular weight is 640 g/mol. The van der Waals surface area contributed by atoms with Crippen LogP contribution in [0.1, 0.15) is 0 Å². The monoisotopic (exact) mass is 639 g/mol. The molecule has 0 aliphatic carbocycles. The van der Waals surface area contributed by atoms with Crippen LogP contribution in [0, 0.1) is 0 Å². The van der Waals surface area contributed by atoms with Gasteiger partial charge in [-0.25, -0.2) is 0 Å². The number of rotatable bonds is 7. The number of furan rings is 1. The predicted molar refractivity (Wildman–Crippen MR) is 210 cm³/mol. The van der Waals surface area contributed by atoms with Crippen LogP contribution in [-0.2, 0) is 0 Å². The third kappa shape index (κ3) is 5.34. The van der Waals surface area contributed by atoms with E-state index in [0.717, 1.165) is 55.7 Å². The Morgan fingerprint density at radius 1 is 0.320 bits per heavy atom. The zero-order chi connectivity index (χ0) is 33.3. The van der Waals surface area contributed by atoms with Crippen molar-refractivity contribution >= 4 is 39.0 Å². The highest BCUT2D eigenvalue weighted by atomic mass is 16.3. The van der Waals surface area contributed by atoms with E-state index in [9.17, 15) is 0 Å². The number of para-hydroxylation sites is 1. The highest BCUT2D eigenvalue weighted by Gasteiger charge is 2.23. The smallest absolute Gasteiger partial charge is 0.137 e. The van der Waals surface area contributed by atoms with Crippen molar-refractivity contribution in [3.63, 3.8) is 0 Å². The van der Waals surface area contributed by atoms with Crippen LogP contribution in [0.25, 0.3) is 66.4 Å². The SMILES string of the molecule is c1ccc(-c2cccc(N(c3ccc4c(c3)oc3ccccc34)c3cccc(-c4ccccc4)c3-c3ccccc3-c3ccccc3)c2)cc1. The summed E-state index contributed by atoms with van der Waals surface area (Å²) < 4.78 is 6.47. The van der Waals surface area contributed by atoms with Crippen molar-refractivity contribution in [1.29, 1.82) is 0 Å². The minimum atomic E-state index is 0.860. The van der Waals surface area contributed by atoms with Gasteiger partial charge >= 0.3 is 0 Å². The Kier molecular flexibility index (Phi) is 7.53. The summed E-state index contributed by atoms with van der Waals surface area (Å²) in [7, 11) is 0. The van der Waals surface area contributed by atoms with Crippen LogP contribution in [0.15, 0.2) is 205 Å². The molecule has 9 rings (SSSR count). The van der Waals surface area contributed by atoms with E-state index in [2.05, 4.69) is 193 Å². The van der Waals surface area contributed by atoms with Gasteiger partial charge in [0, 0.05) is 33.8 Å². The first-order valence-electron chi connectivity index (χ1n) is 17.0. The zero-order valence-electron chi connectivity index (χ0n) is 27.4. The van der Waals surface area contributed by atoms with Crippen molar-refractivity contribution in [3.8, 4) is 44.5 Å². The van der Waals surface area contributed by atoms with Crippen LogP contribution >= 0.6 is 0 Å².